The standard InChI is InChI=1S/C23H40N2O2.C23H40N2O/c1-7-9-16-23(17-10-8-2,20-14-12-11-13-15-20)18-21(26)24-22(3,4)19-25(5,6)27;1-7-9-16-23(17-10-8-2,20-14-12-11-13-15-20)18-21(26)24-22(3,4)19-25(5)6/h11-15H,7-10,16-19H2,1-6H3,(H,24,26);11-15H,7-10,16-19H2,1-6H3,(H,24,26)/p+1. The minimum Gasteiger partial charge on any atom is -0.633 e. The first kappa shape index (κ1) is 48.3. The second kappa shape index (κ2) is 23.2. The van der Waals surface area contributed by atoms with Crippen LogP contribution < -0.4 is 15.5 Å². The van der Waals surface area contributed by atoms with Crippen LogP contribution in [0.4, 0.5) is 0 Å². The monoisotopic (exact) mass is 738 g/mol. The van der Waals surface area contributed by atoms with Gasteiger partial charge in [0.1, 0.15) is 6.54 Å². The summed E-state index contributed by atoms with van der Waals surface area (Å²) in [6.07, 6.45) is 14.4. The van der Waals surface area contributed by atoms with Crippen LogP contribution in [0.15, 0.2) is 60.7 Å². The van der Waals surface area contributed by atoms with Gasteiger partial charge in [-0.25, -0.2) is 0 Å². The molecule has 53 heavy (non-hydrogen) atoms. The number of benzene rings is 2. The van der Waals surface area contributed by atoms with Crippen molar-refractivity contribution in [3.8, 4) is 0 Å². The molecule has 0 saturated heterocycles. The summed E-state index contributed by atoms with van der Waals surface area (Å²) < 4.78 is -0.414. The number of hydrogen-bond donors (Lipinski definition) is 3. The molecular weight excluding hydrogens is 657 g/mol. The first-order chi connectivity index (χ1) is 24.8. The number of unbranched alkanes of at least 4 members (excludes halogenated alkanes) is 4. The topological polar surface area (TPSA) is 85.7 Å². The van der Waals surface area contributed by atoms with Crippen LogP contribution in [0.5, 0.6) is 0 Å². The molecule has 0 aliphatic carbocycles. The SMILES string of the molecule is CCCCC(CCCC)(CC(=O)NC(C)(C)C[N+](C)(C)[O-])c1ccccc1.CCCCC(CCCC)(CC(=O)NC(C)(C)C[NH+](C)C)c1ccccc1. The Morgan fingerprint density at radius 2 is 0.925 bits per heavy atom. The number of likely N-dealkylation sites (N-methyl/N-ethyl adjacent to an activating group) is 2. The van der Waals surface area contributed by atoms with E-state index in [0.29, 0.717) is 19.4 Å². The lowest BCUT2D eigenvalue weighted by Crippen LogP contribution is -3.08. The minimum absolute atomic E-state index is 0.0432. The zero-order chi connectivity index (χ0) is 40.2. The van der Waals surface area contributed by atoms with Gasteiger partial charge in [-0.1, -0.05) is 140 Å². The van der Waals surface area contributed by atoms with Crippen molar-refractivity contribution in [3.05, 3.63) is 77.0 Å². The molecule has 0 bridgehead atoms. The molecule has 0 fully saturated rings. The number of nitrogens with zero attached hydrogens (tertiary/aromatic N) is 1. The predicted molar refractivity (Wildman–Crippen MR) is 226 cm³/mol. The number of hydrogen-bond acceptors (Lipinski definition) is 3. The number of carbonyl (C=O) groups is 2. The van der Waals surface area contributed by atoms with E-state index < -0.39 is 10.2 Å². The molecule has 0 aromatic heterocycles. The van der Waals surface area contributed by atoms with Gasteiger partial charge in [0, 0.05) is 23.7 Å². The van der Waals surface area contributed by atoms with Crippen molar-refractivity contribution >= 4 is 11.8 Å². The lowest BCUT2D eigenvalue weighted by atomic mass is 9.70. The largest absolute Gasteiger partial charge is 0.633 e. The highest BCUT2D eigenvalue weighted by molar-refractivity contribution is 5.79. The van der Waals surface area contributed by atoms with Crippen LogP contribution in [-0.2, 0) is 20.4 Å². The fourth-order valence-electron chi connectivity index (χ4n) is 8.41. The average molecular weight is 738 g/mol. The predicted octanol–water partition coefficient (Wildman–Crippen LogP) is 8.90. The lowest BCUT2D eigenvalue weighted by Gasteiger charge is -2.41. The van der Waals surface area contributed by atoms with E-state index in [0.717, 1.165) is 83.6 Å². The molecule has 0 saturated carbocycles. The van der Waals surface area contributed by atoms with Crippen LogP contribution in [0.2, 0.25) is 0 Å². The summed E-state index contributed by atoms with van der Waals surface area (Å²) in [6, 6.07) is 21.2. The van der Waals surface area contributed by atoms with Crippen LogP contribution in [-0.4, -0.2) is 68.8 Å². The maximum Gasteiger partial charge on any atom is 0.221 e. The van der Waals surface area contributed by atoms with Crippen LogP contribution in [0.25, 0.3) is 0 Å². The Hall–Kier alpha value is -2.74. The molecule has 2 amide bonds. The minimum atomic E-state index is -0.528. The van der Waals surface area contributed by atoms with E-state index in [4.69, 9.17) is 0 Å². The Bertz CT molecular complexity index is 1270. The molecule has 0 unspecified atom stereocenters. The van der Waals surface area contributed by atoms with Crippen molar-refractivity contribution in [2.24, 2.45) is 0 Å². The zero-order valence-corrected chi connectivity index (χ0v) is 36.3. The molecule has 0 radical (unpaired) electrons. The maximum atomic E-state index is 13.0. The van der Waals surface area contributed by atoms with Crippen molar-refractivity contribution in [1.29, 1.82) is 0 Å². The number of rotatable bonds is 24. The van der Waals surface area contributed by atoms with Crippen LogP contribution in [0, 0.1) is 5.21 Å². The molecule has 2 aromatic rings. The van der Waals surface area contributed by atoms with Gasteiger partial charge in [0.2, 0.25) is 11.8 Å². The van der Waals surface area contributed by atoms with E-state index in [1.807, 2.05) is 19.9 Å². The van der Waals surface area contributed by atoms with Gasteiger partial charge in [0.15, 0.2) is 0 Å². The molecule has 0 spiro atoms. The summed E-state index contributed by atoms with van der Waals surface area (Å²) in [7, 11) is 7.49. The summed E-state index contributed by atoms with van der Waals surface area (Å²) in [5.74, 6) is 0.233. The van der Waals surface area contributed by atoms with Crippen molar-refractivity contribution in [2.45, 2.75) is 167 Å². The van der Waals surface area contributed by atoms with Crippen molar-refractivity contribution in [2.75, 3.05) is 41.3 Å². The molecule has 2 aromatic carbocycles. The quantitative estimate of drug-likeness (QED) is 0.0744. The van der Waals surface area contributed by atoms with Crippen molar-refractivity contribution in [1.82, 2.24) is 10.6 Å². The first-order valence-corrected chi connectivity index (χ1v) is 20.8. The van der Waals surface area contributed by atoms with E-state index in [1.54, 1.807) is 14.1 Å². The van der Waals surface area contributed by atoms with E-state index >= 15 is 0 Å². The van der Waals surface area contributed by atoms with E-state index in [-0.39, 0.29) is 28.2 Å². The van der Waals surface area contributed by atoms with E-state index in [2.05, 4.69) is 121 Å². The third-order valence-electron chi connectivity index (χ3n) is 10.3. The summed E-state index contributed by atoms with van der Waals surface area (Å²) in [5.41, 5.74) is 1.70. The number of amides is 2. The molecule has 3 N–H and O–H groups in total. The molecule has 7 heteroatoms. The summed E-state index contributed by atoms with van der Waals surface area (Å²) in [5, 5.41) is 18.5. The molecular formula is C46H81N4O3+. The first-order valence-electron chi connectivity index (χ1n) is 20.8. The second-order valence-electron chi connectivity index (χ2n) is 18.0. The molecule has 2 rings (SSSR count). The van der Waals surface area contributed by atoms with Crippen LogP contribution in [0.3, 0.4) is 0 Å². The number of quaternary nitrogens is 2. The summed E-state index contributed by atoms with van der Waals surface area (Å²) in [4.78, 5) is 27.4. The molecule has 7 nitrogen and oxygen atoms in total. The Kier molecular flexibility index (Phi) is 21.2. The van der Waals surface area contributed by atoms with Crippen molar-refractivity contribution < 1.29 is 19.1 Å². The number of nitrogens with one attached hydrogen (secondary N) is 3. The smallest absolute Gasteiger partial charge is 0.221 e. The van der Waals surface area contributed by atoms with Gasteiger partial charge in [-0.2, -0.15) is 0 Å². The fraction of sp³-hybridized carbons (Fsp3) is 0.696. The van der Waals surface area contributed by atoms with E-state index in [9.17, 15) is 14.8 Å². The molecule has 0 aliphatic heterocycles. The summed E-state index contributed by atoms with van der Waals surface area (Å²) >= 11 is 0. The molecule has 0 aliphatic rings. The Labute approximate surface area is 326 Å². The number of carbonyl (C=O) groups excluding carboxylic acids is 2. The Morgan fingerprint density at radius 3 is 1.21 bits per heavy atom. The number of hydroxylamine groups is 3. The normalized spacial score (nSPS) is 12.6. The van der Waals surface area contributed by atoms with Gasteiger partial charge in [-0.15, -0.1) is 0 Å². The van der Waals surface area contributed by atoms with Crippen molar-refractivity contribution in [3.63, 3.8) is 0 Å². The summed E-state index contributed by atoms with van der Waals surface area (Å²) in [6.45, 7) is 18.3. The highest BCUT2D eigenvalue weighted by Crippen LogP contribution is 2.40. The molecule has 0 heterocycles. The van der Waals surface area contributed by atoms with Gasteiger partial charge in [-0.3, -0.25) is 9.59 Å². The maximum absolute atomic E-state index is 13.0. The van der Waals surface area contributed by atoms with Gasteiger partial charge in [0.25, 0.3) is 0 Å². The third-order valence-corrected chi connectivity index (χ3v) is 10.3. The van der Waals surface area contributed by atoms with Gasteiger partial charge < -0.3 is 25.4 Å². The van der Waals surface area contributed by atoms with Crippen LogP contribution in [0.1, 0.15) is 156 Å². The lowest BCUT2D eigenvalue weighted by molar-refractivity contribution is -0.862. The highest BCUT2D eigenvalue weighted by Gasteiger charge is 2.37. The highest BCUT2D eigenvalue weighted by atomic mass is 16.5. The Balaban J connectivity index is 0.000000530. The Morgan fingerprint density at radius 1 is 0.604 bits per heavy atom. The van der Waals surface area contributed by atoms with Gasteiger partial charge in [-0.05, 0) is 64.5 Å². The van der Waals surface area contributed by atoms with Gasteiger partial charge >= 0.3 is 0 Å². The average Bonchev–Trinajstić information content (AvgIpc) is 3.06. The van der Waals surface area contributed by atoms with Crippen LogP contribution >= 0.6 is 0 Å². The van der Waals surface area contributed by atoms with Gasteiger partial charge in [0.05, 0.1) is 45.8 Å². The van der Waals surface area contributed by atoms with E-state index in [1.165, 1.54) is 16.0 Å². The fourth-order valence-corrected chi connectivity index (χ4v) is 8.41. The third kappa shape index (κ3) is 18.9. The zero-order valence-electron chi connectivity index (χ0n) is 36.3. The molecule has 302 valence electrons. The second-order valence-corrected chi connectivity index (χ2v) is 18.0. The molecule has 0 atom stereocenters.